The number of carboxylic acid groups (broad SMARTS) is 1. The molecule has 5 heteroatoms. The summed E-state index contributed by atoms with van der Waals surface area (Å²) in [6.07, 6.45) is 0.411. The van der Waals surface area contributed by atoms with Crippen molar-refractivity contribution in [1.82, 2.24) is 0 Å². The van der Waals surface area contributed by atoms with Gasteiger partial charge in [0.1, 0.15) is 19.0 Å². The van der Waals surface area contributed by atoms with Gasteiger partial charge in [-0.05, 0) is 25.0 Å². The molecule has 0 saturated heterocycles. The molecule has 0 heterocycles. The van der Waals surface area contributed by atoms with E-state index in [1.54, 1.807) is 26.0 Å². The van der Waals surface area contributed by atoms with E-state index < -0.39 is 17.4 Å². The van der Waals surface area contributed by atoms with Crippen molar-refractivity contribution in [2.75, 3.05) is 13.2 Å². The maximum atomic E-state index is 11.9. The van der Waals surface area contributed by atoms with Crippen molar-refractivity contribution in [3.63, 3.8) is 0 Å². The molecule has 1 rings (SSSR count). The SMILES string of the molecule is CCC(CC)(C(=O)O)C(=O)OCCOc1ccccc1. The Bertz CT molecular complexity index is 437. The molecular formula is C15H20O5. The lowest BCUT2D eigenvalue weighted by molar-refractivity contribution is -0.170. The zero-order valence-electron chi connectivity index (χ0n) is 11.8. The summed E-state index contributed by atoms with van der Waals surface area (Å²) < 4.78 is 10.4. The highest BCUT2D eigenvalue weighted by atomic mass is 16.6. The molecule has 0 radical (unpaired) electrons. The number of hydrogen-bond donors (Lipinski definition) is 1. The van der Waals surface area contributed by atoms with E-state index in [4.69, 9.17) is 9.47 Å². The molecular weight excluding hydrogens is 260 g/mol. The molecule has 1 aromatic carbocycles. The Labute approximate surface area is 118 Å². The number of rotatable bonds is 8. The Hall–Kier alpha value is -2.04. The van der Waals surface area contributed by atoms with Crippen molar-refractivity contribution in [2.24, 2.45) is 5.41 Å². The molecule has 0 spiro atoms. The summed E-state index contributed by atoms with van der Waals surface area (Å²) in [5.74, 6) is -1.16. The van der Waals surface area contributed by atoms with E-state index in [0.29, 0.717) is 5.75 Å². The lowest BCUT2D eigenvalue weighted by Crippen LogP contribution is -2.40. The summed E-state index contributed by atoms with van der Waals surface area (Å²) in [6.45, 7) is 3.56. The van der Waals surface area contributed by atoms with Crippen molar-refractivity contribution >= 4 is 11.9 Å². The Morgan fingerprint density at radius 3 is 2.20 bits per heavy atom. The Morgan fingerprint density at radius 2 is 1.70 bits per heavy atom. The maximum Gasteiger partial charge on any atom is 0.323 e. The highest BCUT2D eigenvalue weighted by Gasteiger charge is 2.44. The molecule has 0 fully saturated rings. The predicted molar refractivity (Wildman–Crippen MR) is 73.5 cm³/mol. The van der Waals surface area contributed by atoms with Crippen LogP contribution < -0.4 is 4.74 Å². The normalized spacial score (nSPS) is 10.9. The number of carboxylic acids is 1. The van der Waals surface area contributed by atoms with Gasteiger partial charge in [-0.25, -0.2) is 0 Å². The van der Waals surface area contributed by atoms with Crippen molar-refractivity contribution in [3.8, 4) is 5.75 Å². The van der Waals surface area contributed by atoms with Gasteiger partial charge in [-0.1, -0.05) is 32.0 Å². The van der Waals surface area contributed by atoms with Gasteiger partial charge in [-0.3, -0.25) is 9.59 Å². The van der Waals surface area contributed by atoms with Gasteiger partial charge in [-0.15, -0.1) is 0 Å². The zero-order chi connectivity index (χ0) is 15.0. The average molecular weight is 280 g/mol. The third-order valence-electron chi connectivity index (χ3n) is 3.34. The van der Waals surface area contributed by atoms with Crippen molar-refractivity contribution in [1.29, 1.82) is 0 Å². The molecule has 1 aromatic rings. The summed E-state index contributed by atoms with van der Waals surface area (Å²) in [4.78, 5) is 23.2. The fourth-order valence-corrected chi connectivity index (χ4v) is 1.88. The second kappa shape index (κ2) is 7.53. The van der Waals surface area contributed by atoms with Crippen LogP contribution in [0.25, 0.3) is 0 Å². The molecule has 20 heavy (non-hydrogen) atoms. The van der Waals surface area contributed by atoms with E-state index in [1.807, 2.05) is 18.2 Å². The van der Waals surface area contributed by atoms with Crippen LogP contribution in [-0.4, -0.2) is 30.3 Å². The summed E-state index contributed by atoms with van der Waals surface area (Å²) in [5.41, 5.74) is -1.45. The monoisotopic (exact) mass is 280 g/mol. The minimum Gasteiger partial charge on any atom is -0.490 e. The highest BCUT2D eigenvalue weighted by Crippen LogP contribution is 2.28. The molecule has 0 atom stereocenters. The van der Waals surface area contributed by atoms with Gasteiger partial charge in [0, 0.05) is 0 Å². The maximum absolute atomic E-state index is 11.9. The molecule has 0 amide bonds. The summed E-state index contributed by atoms with van der Waals surface area (Å²) in [5, 5.41) is 9.20. The van der Waals surface area contributed by atoms with Crippen LogP contribution in [0.1, 0.15) is 26.7 Å². The third kappa shape index (κ3) is 3.73. The quantitative estimate of drug-likeness (QED) is 0.450. The number of benzene rings is 1. The zero-order valence-corrected chi connectivity index (χ0v) is 11.8. The van der Waals surface area contributed by atoms with E-state index in [1.165, 1.54) is 0 Å². The van der Waals surface area contributed by atoms with Gasteiger partial charge in [-0.2, -0.15) is 0 Å². The van der Waals surface area contributed by atoms with Crippen molar-refractivity contribution in [3.05, 3.63) is 30.3 Å². The number of para-hydroxylation sites is 1. The summed E-state index contributed by atoms with van der Waals surface area (Å²) in [6, 6.07) is 9.13. The van der Waals surface area contributed by atoms with Gasteiger partial charge >= 0.3 is 11.9 Å². The first-order chi connectivity index (χ1) is 9.56. The molecule has 0 unspecified atom stereocenters. The molecule has 110 valence electrons. The summed E-state index contributed by atoms with van der Waals surface area (Å²) >= 11 is 0. The second-order valence-corrected chi connectivity index (χ2v) is 4.39. The lowest BCUT2D eigenvalue weighted by Gasteiger charge is -2.24. The summed E-state index contributed by atoms with van der Waals surface area (Å²) in [7, 11) is 0. The smallest absolute Gasteiger partial charge is 0.323 e. The van der Waals surface area contributed by atoms with Gasteiger partial charge in [0.2, 0.25) is 0 Å². The van der Waals surface area contributed by atoms with Crippen molar-refractivity contribution in [2.45, 2.75) is 26.7 Å². The van der Waals surface area contributed by atoms with Gasteiger partial charge < -0.3 is 14.6 Å². The van der Waals surface area contributed by atoms with Crippen LogP contribution in [0.3, 0.4) is 0 Å². The Kier molecular flexibility index (Phi) is 6.03. The highest BCUT2D eigenvalue weighted by molar-refractivity contribution is 5.99. The number of ether oxygens (including phenoxy) is 2. The van der Waals surface area contributed by atoms with Gasteiger partial charge in [0.15, 0.2) is 5.41 Å². The topological polar surface area (TPSA) is 72.8 Å². The standard InChI is InChI=1S/C15H20O5/c1-3-15(4-2,13(16)17)14(18)20-11-10-19-12-8-6-5-7-9-12/h5-9H,3-4,10-11H2,1-2H3,(H,16,17). The minimum absolute atomic E-state index is 0.0305. The van der Waals surface area contributed by atoms with Crippen LogP contribution in [0.2, 0.25) is 0 Å². The number of hydrogen-bond acceptors (Lipinski definition) is 4. The first kappa shape index (κ1) is 16.0. The third-order valence-corrected chi connectivity index (χ3v) is 3.34. The van der Waals surface area contributed by atoms with Crippen LogP contribution in [0.5, 0.6) is 5.75 Å². The molecule has 0 bridgehead atoms. The first-order valence-electron chi connectivity index (χ1n) is 6.65. The van der Waals surface area contributed by atoms with E-state index in [-0.39, 0.29) is 26.1 Å². The first-order valence-corrected chi connectivity index (χ1v) is 6.65. The minimum atomic E-state index is -1.45. The molecule has 1 N–H and O–H groups in total. The fraction of sp³-hybridized carbons (Fsp3) is 0.467. The Morgan fingerprint density at radius 1 is 1.10 bits per heavy atom. The van der Waals surface area contributed by atoms with Gasteiger partial charge in [0.25, 0.3) is 0 Å². The molecule has 0 aliphatic rings. The number of esters is 1. The number of carbonyl (C=O) groups excluding carboxylic acids is 1. The Balaban J connectivity index is 2.44. The van der Waals surface area contributed by atoms with E-state index in [9.17, 15) is 14.7 Å². The second-order valence-electron chi connectivity index (χ2n) is 4.39. The van der Waals surface area contributed by atoms with Gasteiger partial charge in [0.05, 0.1) is 0 Å². The van der Waals surface area contributed by atoms with E-state index in [2.05, 4.69) is 0 Å². The van der Waals surface area contributed by atoms with Crippen LogP contribution >= 0.6 is 0 Å². The van der Waals surface area contributed by atoms with Crippen molar-refractivity contribution < 1.29 is 24.2 Å². The van der Waals surface area contributed by atoms with Crippen LogP contribution in [0.4, 0.5) is 0 Å². The molecule has 0 aromatic heterocycles. The van der Waals surface area contributed by atoms with Crippen LogP contribution in [0.15, 0.2) is 30.3 Å². The largest absolute Gasteiger partial charge is 0.490 e. The fourth-order valence-electron chi connectivity index (χ4n) is 1.88. The van der Waals surface area contributed by atoms with Crippen LogP contribution in [-0.2, 0) is 14.3 Å². The average Bonchev–Trinajstić information content (AvgIpc) is 2.46. The van der Waals surface area contributed by atoms with Crippen LogP contribution in [0, 0.1) is 5.41 Å². The molecule has 0 aliphatic carbocycles. The molecule has 0 aliphatic heterocycles. The molecule has 5 nitrogen and oxygen atoms in total. The number of carbonyl (C=O) groups is 2. The van der Waals surface area contributed by atoms with E-state index >= 15 is 0 Å². The predicted octanol–water partition coefficient (Wildman–Crippen LogP) is 2.50. The van der Waals surface area contributed by atoms with E-state index in [0.717, 1.165) is 0 Å². The number of aliphatic carboxylic acids is 1. The molecule has 0 saturated carbocycles. The lowest BCUT2D eigenvalue weighted by atomic mass is 9.82.